The van der Waals surface area contributed by atoms with Crippen molar-refractivity contribution in [1.82, 2.24) is 19.1 Å². The van der Waals surface area contributed by atoms with E-state index in [9.17, 15) is 14.7 Å². The highest BCUT2D eigenvalue weighted by molar-refractivity contribution is 5.74. The van der Waals surface area contributed by atoms with Crippen LogP contribution in [0.5, 0.6) is 5.75 Å². The Balaban J connectivity index is 1.87. The molecule has 3 rings (SSSR count). The van der Waals surface area contributed by atoms with Gasteiger partial charge in [-0.05, 0) is 30.0 Å². The third-order valence-electron chi connectivity index (χ3n) is 4.82. The molecule has 0 aliphatic rings. The number of hydrogen-bond acceptors (Lipinski definition) is 6. The number of rotatable bonds is 9. The van der Waals surface area contributed by atoms with E-state index in [1.54, 1.807) is 11.6 Å². The van der Waals surface area contributed by atoms with Gasteiger partial charge in [0.25, 0.3) is 5.56 Å². The van der Waals surface area contributed by atoms with Crippen LogP contribution in [0.1, 0.15) is 26.3 Å². The Kier molecular flexibility index (Phi) is 6.61. The van der Waals surface area contributed by atoms with Crippen LogP contribution in [0.4, 0.5) is 5.95 Å². The van der Waals surface area contributed by atoms with Gasteiger partial charge in [0.1, 0.15) is 18.5 Å². The number of aryl methyl sites for hydroxylation is 2. The van der Waals surface area contributed by atoms with Crippen molar-refractivity contribution in [2.24, 2.45) is 13.0 Å². The molecule has 3 aromatic rings. The van der Waals surface area contributed by atoms with Crippen molar-refractivity contribution in [1.29, 1.82) is 0 Å². The maximum absolute atomic E-state index is 12.5. The molecule has 0 spiro atoms. The number of imidazole rings is 1. The minimum Gasteiger partial charge on any atom is -0.491 e. The smallest absolute Gasteiger partial charge is 0.329 e. The summed E-state index contributed by atoms with van der Waals surface area (Å²) in [5, 5.41) is 13.8. The zero-order chi connectivity index (χ0) is 21.8. The van der Waals surface area contributed by atoms with Gasteiger partial charge in [-0.1, -0.05) is 32.9 Å². The highest BCUT2D eigenvalue weighted by atomic mass is 16.5. The average Bonchev–Trinajstić information content (AvgIpc) is 3.08. The Morgan fingerprint density at radius 1 is 1.30 bits per heavy atom. The molecule has 2 heterocycles. The number of hydrogen-bond donors (Lipinski definition) is 3. The third-order valence-corrected chi connectivity index (χ3v) is 4.82. The summed E-state index contributed by atoms with van der Waals surface area (Å²) < 4.78 is 8.63. The average molecular weight is 415 g/mol. The van der Waals surface area contributed by atoms with Crippen molar-refractivity contribution in [2.75, 3.05) is 18.5 Å². The fourth-order valence-corrected chi connectivity index (χ4v) is 3.15. The van der Waals surface area contributed by atoms with Gasteiger partial charge >= 0.3 is 5.69 Å². The van der Waals surface area contributed by atoms with Crippen LogP contribution in [-0.4, -0.2) is 43.5 Å². The van der Waals surface area contributed by atoms with Gasteiger partial charge in [0, 0.05) is 13.6 Å². The first-order valence-electron chi connectivity index (χ1n) is 10.1. The van der Waals surface area contributed by atoms with Crippen molar-refractivity contribution >= 4 is 17.1 Å². The summed E-state index contributed by atoms with van der Waals surface area (Å²) >= 11 is 0. The first-order chi connectivity index (χ1) is 14.3. The number of aliphatic hydroxyl groups is 1. The summed E-state index contributed by atoms with van der Waals surface area (Å²) in [7, 11) is 1.55. The second kappa shape index (κ2) is 9.17. The highest BCUT2D eigenvalue weighted by Gasteiger charge is 2.20. The summed E-state index contributed by atoms with van der Waals surface area (Å²) in [6.07, 6.45) is 0.0107. The number of nitrogens with one attached hydrogen (secondary N) is 2. The maximum atomic E-state index is 12.5. The largest absolute Gasteiger partial charge is 0.491 e. The number of aliphatic hydroxyl groups excluding tert-OH is 1. The number of aromatic nitrogens is 4. The molecule has 9 nitrogen and oxygen atoms in total. The van der Waals surface area contributed by atoms with E-state index < -0.39 is 17.4 Å². The van der Waals surface area contributed by atoms with E-state index in [4.69, 9.17) is 4.74 Å². The molecule has 2 aromatic heterocycles. The fraction of sp³-hybridized carbons (Fsp3) is 0.476. The van der Waals surface area contributed by atoms with Crippen molar-refractivity contribution in [3.8, 4) is 5.75 Å². The summed E-state index contributed by atoms with van der Waals surface area (Å²) in [4.78, 5) is 31.2. The van der Waals surface area contributed by atoms with E-state index in [0.717, 1.165) is 12.0 Å². The van der Waals surface area contributed by atoms with E-state index in [1.807, 2.05) is 24.3 Å². The number of fused-ring (bicyclic) bond motifs is 1. The lowest BCUT2D eigenvalue weighted by Crippen LogP contribution is -2.31. The van der Waals surface area contributed by atoms with Gasteiger partial charge in [-0.2, -0.15) is 4.98 Å². The number of aromatic amines is 1. The third kappa shape index (κ3) is 4.73. The maximum Gasteiger partial charge on any atom is 0.329 e. The molecule has 30 heavy (non-hydrogen) atoms. The lowest BCUT2D eigenvalue weighted by molar-refractivity contribution is 0.0938. The SMILES string of the molecule is CCc1cccc(OC[C@H](O)Cn2c(NCC(C)C)nc3c2c(=O)[nH]c(=O)n3C)c1. The quantitative estimate of drug-likeness (QED) is 0.488. The molecule has 0 unspecified atom stereocenters. The van der Waals surface area contributed by atoms with Gasteiger partial charge in [0.2, 0.25) is 5.95 Å². The molecule has 1 atom stereocenters. The molecule has 0 amide bonds. The zero-order valence-electron chi connectivity index (χ0n) is 17.8. The topological polar surface area (TPSA) is 114 Å². The van der Waals surface area contributed by atoms with E-state index in [2.05, 4.69) is 36.1 Å². The van der Waals surface area contributed by atoms with E-state index in [0.29, 0.717) is 24.2 Å². The van der Waals surface area contributed by atoms with Crippen LogP contribution in [0.2, 0.25) is 0 Å². The fourth-order valence-electron chi connectivity index (χ4n) is 3.15. The monoisotopic (exact) mass is 415 g/mol. The number of anilines is 1. The van der Waals surface area contributed by atoms with Gasteiger partial charge in [-0.25, -0.2) is 4.79 Å². The van der Waals surface area contributed by atoms with Crippen molar-refractivity contribution < 1.29 is 9.84 Å². The predicted octanol–water partition coefficient (Wildman–Crippen LogP) is 1.49. The van der Waals surface area contributed by atoms with E-state index in [-0.39, 0.29) is 24.3 Å². The molecule has 9 heteroatoms. The lowest BCUT2D eigenvalue weighted by atomic mass is 10.2. The van der Waals surface area contributed by atoms with E-state index in [1.165, 1.54) is 4.57 Å². The van der Waals surface area contributed by atoms with Gasteiger partial charge < -0.3 is 19.7 Å². The van der Waals surface area contributed by atoms with Crippen molar-refractivity contribution in [3.63, 3.8) is 0 Å². The first-order valence-corrected chi connectivity index (χ1v) is 10.1. The summed E-state index contributed by atoms with van der Waals surface area (Å²) in [5.41, 5.74) is 0.568. The highest BCUT2D eigenvalue weighted by Crippen LogP contribution is 2.18. The molecule has 0 fully saturated rings. The van der Waals surface area contributed by atoms with Crippen LogP contribution in [-0.2, 0) is 20.0 Å². The molecule has 3 N–H and O–H groups in total. The molecule has 0 aliphatic carbocycles. The van der Waals surface area contributed by atoms with Crippen LogP contribution >= 0.6 is 0 Å². The number of H-pyrrole nitrogens is 1. The first kappa shape index (κ1) is 21.6. The molecule has 0 saturated heterocycles. The molecular formula is C21H29N5O4. The van der Waals surface area contributed by atoms with Crippen LogP contribution < -0.4 is 21.3 Å². The normalized spacial score (nSPS) is 12.5. The Labute approximate surface area is 174 Å². The van der Waals surface area contributed by atoms with Crippen LogP contribution in [0.15, 0.2) is 33.9 Å². The Morgan fingerprint density at radius 3 is 2.77 bits per heavy atom. The van der Waals surface area contributed by atoms with Crippen molar-refractivity contribution in [3.05, 3.63) is 50.7 Å². The standard InChI is InChI=1S/C21H29N5O4/c1-5-14-7-6-8-16(9-14)30-12-15(27)11-26-17-18(23-20(26)22-10-13(2)3)25(4)21(29)24-19(17)28/h6-9,13,15,27H,5,10-12H2,1-4H3,(H,22,23)(H,24,28,29)/t15-/m1/s1. The lowest BCUT2D eigenvalue weighted by Gasteiger charge is -2.16. The zero-order valence-corrected chi connectivity index (χ0v) is 17.8. The minimum absolute atomic E-state index is 0.0557. The predicted molar refractivity (Wildman–Crippen MR) is 116 cm³/mol. The molecule has 0 radical (unpaired) electrons. The summed E-state index contributed by atoms with van der Waals surface area (Å²) in [6, 6.07) is 7.71. The molecule has 0 bridgehead atoms. The Morgan fingerprint density at radius 2 is 2.07 bits per heavy atom. The number of benzene rings is 1. The van der Waals surface area contributed by atoms with Crippen LogP contribution in [0, 0.1) is 5.92 Å². The Bertz CT molecular complexity index is 1130. The number of ether oxygens (including phenoxy) is 1. The van der Waals surface area contributed by atoms with Crippen LogP contribution in [0.3, 0.4) is 0 Å². The molecule has 162 valence electrons. The van der Waals surface area contributed by atoms with Crippen molar-refractivity contribution in [2.45, 2.75) is 39.8 Å². The second-order valence-electron chi connectivity index (χ2n) is 7.78. The molecule has 1 aromatic carbocycles. The molecule has 0 aliphatic heterocycles. The van der Waals surface area contributed by atoms with E-state index >= 15 is 0 Å². The summed E-state index contributed by atoms with van der Waals surface area (Å²) in [5.74, 6) is 1.46. The van der Waals surface area contributed by atoms with Gasteiger partial charge in [-0.15, -0.1) is 0 Å². The second-order valence-corrected chi connectivity index (χ2v) is 7.78. The van der Waals surface area contributed by atoms with Gasteiger partial charge in [-0.3, -0.25) is 14.3 Å². The Hall–Kier alpha value is -3.07. The molecule has 0 saturated carbocycles. The minimum atomic E-state index is -0.885. The molecular weight excluding hydrogens is 386 g/mol. The van der Waals surface area contributed by atoms with Gasteiger partial charge in [0.15, 0.2) is 11.2 Å². The number of nitrogens with zero attached hydrogens (tertiary/aromatic N) is 3. The van der Waals surface area contributed by atoms with Gasteiger partial charge in [0.05, 0.1) is 6.54 Å². The van der Waals surface area contributed by atoms with Crippen LogP contribution in [0.25, 0.3) is 11.2 Å². The summed E-state index contributed by atoms with van der Waals surface area (Å²) in [6.45, 7) is 6.94.